The minimum absolute atomic E-state index is 0.248. The standard InChI is InChI=1S/C15H23NO3S/c1-19-13-8-7-12-5-3-6-15(14(12)11-13)16-9-4-10-20(2,17)18/h7-8,11,15-16H,3-6,9-10H2,1-2H3. The number of hydrogen-bond acceptors (Lipinski definition) is 4. The third kappa shape index (κ3) is 4.21. The van der Waals surface area contributed by atoms with Gasteiger partial charge in [-0.3, -0.25) is 0 Å². The van der Waals surface area contributed by atoms with Gasteiger partial charge < -0.3 is 10.1 Å². The highest BCUT2D eigenvalue weighted by Gasteiger charge is 2.20. The summed E-state index contributed by atoms with van der Waals surface area (Å²) in [6.45, 7) is 0.731. The summed E-state index contributed by atoms with van der Waals surface area (Å²) in [5.41, 5.74) is 2.67. The van der Waals surface area contributed by atoms with Crippen molar-refractivity contribution in [2.75, 3.05) is 25.7 Å². The van der Waals surface area contributed by atoms with E-state index in [0.29, 0.717) is 12.5 Å². The highest BCUT2D eigenvalue weighted by molar-refractivity contribution is 7.90. The van der Waals surface area contributed by atoms with E-state index in [4.69, 9.17) is 4.74 Å². The molecule has 1 aromatic carbocycles. The fraction of sp³-hybridized carbons (Fsp3) is 0.600. The molecule has 4 nitrogen and oxygen atoms in total. The summed E-state index contributed by atoms with van der Waals surface area (Å²) in [7, 11) is -1.18. The zero-order valence-corrected chi connectivity index (χ0v) is 13.0. The fourth-order valence-electron chi connectivity index (χ4n) is 2.73. The van der Waals surface area contributed by atoms with Crippen LogP contribution in [0.15, 0.2) is 18.2 Å². The molecular formula is C15H23NO3S. The molecule has 0 saturated heterocycles. The van der Waals surface area contributed by atoms with E-state index in [0.717, 1.165) is 25.1 Å². The van der Waals surface area contributed by atoms with Gasteiger partial charge in [0.1, 0.15) is 15.6 Å². The monoisotopic (exact) mass is 297 g/mol. The highest BCUT2D eigenvalue weighted by Crippen LogP contribution is 2.32. The maximum atomic E-state index is 11.1. The molecule has 20 heavy (non-hydrogen) atoms. The molecule has 112 valence electrons. The summed E-state index contributed by atoms with van der Waals surface area (Å²) >= 11 is 0. The van der Waals surface area contributed by atoms with Crippen LogP contribution in [0.25, 0.3) is 0 Å². The lowest BCUT2D eigenvalue weighted by molar-refractivity contribution is 0.409. The smallest absolute Gasteiger partial charge is 0.147 e. The summed E-state index contributed by atoms with van der Waals surface area (Å²) in [5.74, 6) is 1.13. The number of fused-ring (bicyclic) bond motifs is 1. The Kier molecular flexibility index (Phi) is 5.05. The lowest BCUT2D eigenvalue weighted by atomic mass is 9.87. The van der Waals surface area contributed by atoms with Crippen molar-refractivity contribution >= 4 is 9.84 Å². The summed E-state index contributed by atoms with van der Waals surface area (Å²) in [6, 6.07) is 6.56. The van der Waals surface area contributed by atoms with Gasteiger partial charge in [-0.25, -0.2) is 8.42 Å². The first-order valence-electron chi connectivity index (χ1n) is 7.07. The SMILES string of the molecule is COc1ccc2c(c1)C(NCCCS(C)(=O)=O)CCC2. The Hall–Kier alpha value is -1.07. The number of methoxy groups -OCH3 is 1. The Morgan fingerprint density at radius 3 is 2.90 bits per heavy atom. The van der Waals surface area contributed by atoms with Crippen molar-refractivity contribution < 1.29 is 13.2 Å². The van der Waals surface area contributed by atoms with Gasteiger partial charge in [0.25, 0.3) is 0 Å². The van der Waals surface area contributed by atoms with Crippen LogP contribution in [0.3, 0.4) is 0 Å². The number of sulfone groups is 1. The molecule has 0 saturated carbocycles. The average molecular weight is 297 g/mol. The topological polar surface area (TPSA) is 55.4 Å². The van der Waals surface area contributed by atoms with E-state index in [1.54, 1.807) is 7.11 Å². The molecule has 1 atom stereocenters. The quantitative estimate of drug-likeness (QED) is 0.817. The molecule has 0 radical (unpaired) electrons. The van der Waals surface area contributed by atoms with Crippen molar-refractivity contribution in [3.63, 3.8) is 0 Å². The molecule has 0 heterocycles. The van der Waals surface area contributed by atoms with E-state index in [-0.39, 0.29) is 5.75 Å². The first-order chi connectivity index (χ1) is 9.49. The van der Waals surface area contributed by atoms with Crippen LogP contribution in [-0.4, -0.2) is 34.1 Å². The number of rotatable bonds is 6. The van der Waals surface area contributed by atoms with Crippen molar-refractivity contribution in [2.45, 2.75) is 31.7 Å². The molecule has 1 aliphatic carbocycles. The Bertz CT molecular complexity index is 554. The van der Waals surface area contributed by atoms with Crippen LogP contribution < -0.4 is 10.1 Å². The zero-order chi connectivity index (χ0) is 14.6. The second-order valence-electron chi connectivity index (χ2n) is 5.45. The Morgan fingerprint density at radius 1 is 1.40 bits per heavy atom. The fourth-order valence-corrected chi connectivity index (χ4v) is 3.40. The lowest BCUT2D eigenvalue weighted by Gasteiger charge is -2.27. The third-order valence-corrected chi connectivity index (χ3v) is 4.78. The highest BCUT2D eigenvalue weighted by atomic mass is 32.2. The largest absolute Gasteiger partial charge is 0.497 e. The van der Waals surface area contributed by atoms with E-state index in [1.807, 2.05) is 6.07 Å². The maximum absolute atomic E-state index is 11.1. The van der Waals surface area contributed by atoms with Crippen LogP contribution in [0.4, 0.5) is 0 Å². The van der Waals surface area contributed by atoms with Gasteiger partial charge in [0, 0.05) is 12.3 Å². The average Bonchev–Trinajstić information content (AvgIpc) is 2.42. The number of nitrogens with one attached hydrogen (secondary N) is 1. The van der Waals surface area contributed by atoms with Crippen molar-refractivity contribution in [1.29, 1.82) is 0 Å². The van der Waals surface area contributed by atoms with E-state index in [9.17, 15) is 8.42 Å². The molecule has 1 aliphatic rings. The summed E-state index contributed by atoms with van der Waals surface area (Å²) in [6.07, 6.45) is 5.32. The molecule has 0 spiro atoms. The second kappa shape index (κ2) is 6.59. The first-order valence-corrected chi connectivity index (χ1v) is 9.13. The molecule has 0 bridgehead atoms. The predicted molar refractivity (Wildman–Crippen MR) is 81.0 cm³/mol. The van der Waals surface area contributed by atoms with Crippen molar-refractivity contribution in [1.82, 2.24) is 5.32 Å². The molecule has 5 heteroatoms. The van der Waals surface area contributed by atoms with Gasteiger partial charge in [0.05, 0.1) is 12.9 Å². The first kappa shape index (κ1) is 15.3. The van der Waals surface area contributed by atoms with Crippen molar-refractivity contribution in [3.05, 3.63) is 29.3 Å². The van der Waals surface area contributed by atoms with E-state index in [2.05, 4.69) is 17.4 Å². The number of aryl methyl sites for hydroxylation is 1. The Labute approximate surface area is 121 Å². The number of benzene rings is 1. The van der Waals surface area contributed by atoms with E-state index >= 15 is 0 Å². The van der Waals surface area contributed by atoms with Gasteiger partial charge >= 0.3 is 0 Å². The molecule has 0 amide bonds. The second-order valence-corrected chi connectivity index (χ2v) is 7.71. The summed E-state index contributed by atoms with van der Waals surface area (Å²) < 4.78 is 27.5. The minimum Gasteiger partial charge on any atom is -0.497 e. The minimum atomic E-state index is -2.86. The van der Waals surface area contributed by atoms with Crippen molar-refractivity contribution in [3.8, 4) is 5.75 Å². The van der Waals surface area contributed by atoms with E-state index < -0.39 is 9.84 Å². The molecular weight excluding hydrogens is 274 g/mol. The van der Waals surface area contributed by atoms with E-state index in [1.165, 1.54) is 23.8 Å². The van der Waals surface area contributed by atoms with Gasteiger partial charge in [-0.05, 0) is 55.5 Å². The van der Waals surface area contributed by atoms with Gasteiger partial charge in [0.2, 0.25) is 0 Å². The summed E-state index contributed by atoms with van der Waals surface area (Å²) in [4.78, 5) is 0. The lowest BCUT2D eigenvalue weighted by Crippen LogP contribution is -2.27. The van der Waals surface area contributed by atoms with Crippen LogP contribution >= 0.6 is 0 Å². The van der Waals surface area contributed by atoms with Gasteiger partial charge in [0.15, 0.2) is 0 Å². The molecule has 2 rings (SSSR count). The Balaban J connectivity index is 1.97. The molecule has 1 aromatic rings. The van der Waals surface area contributed by atoms with Crippen LogP contribution in [-0.2, 0) is 16.3 Å². The number of ether oxygens (including phenoxy) is 1. The Morgan fingerprint density at radius 2 is 2.20 bits per heavy atom. The molecule has 1 N–H and O–H groups in total. The van der Waals surface area contributed by atoms with Crippen LogP contribution in [0.2, 0.25) is 0 Å². The molecule has 0 aromatic heterocycles. The predicted octanol–water partition coefficient (Wildman–Crippen LogP) is 2.10. The van der Waals surface area contributed by atoms with Crippen LogP contribution in [0.5, 0.6) is 5.75 Å². The normalized spacial score (nSPS) is 18.6. The summed E-state index contributed by atoms with van der Waals surface area (Å²) in [5, 5.41) is 3.48. The van der Waals surface area contributed by atoms with Crippen molar-refractivity contribution in [2.24, 2.45) is 0 Å². The maximum Gasteiger partial charge on any atom is 0.147 e. The van der Waals surface area contributed by atoms with Gasteiger partial charge in [-0.1, -0.05) is 6.07 Å². The van der Waals surface area contributed by atoms with Gasteiger partial charge in [-0.15, -0.1) is 0 Å². The number of hydrogen-bond donors (Lipinski definition) is 1. The molecule has 1 unspecified atom stereocenters. The molecule has 0 fully saturated rings. The van der Waals surface area contributed by atoms with Gasteiger partial charge in [-0.2, -0.15) is 0 Å². The third-order valence-electron chi connectivity index (χ3n) is 3.75. The van der Waals surface area contributed by atoms with Crippen LogP contribution in [0.1, 0.15) is 36.4 Å². The zero-order valence-electron chi connectivity index (χ0n) is 12.2. The van der Waals surface area contributed by atoms with Crippen LogP contribution in [0, 0.1) is 0 Å². The molecule has 0 aliphatic heterocycles.